The van der Waals surface area contributed by atoms with Gasteiger partial charge in [-0.05, 0) is 75.0 Å². The highest BCUT2D eigenvalue weighted by Crippen LogP contribution is 2.43. The average molecular weight is 683 g/mol. The van der Waals surface area contributed by atoms with Gasteiger partial charge in [0.1, 0.15) is 23.9 Å². The van der Waals surface area contributed by atoms with Gasteiger partial charge in [-0.1, -0.05) is 65.0 Å². The van der Waals surface area contributed by atoms with E-state index in [9.17, 15) is 28.8 Å². The zero-order valence-electron chi connectivity index (χ0n) is 29.6. The van der Waals surface area contributed by atoms with E-state index in [0.717, 1.165) is 64.2 Å². The van der Waals surface area contributed by atoms with Crippen LogP contribution in [0.25, 0.3) is 0 Å². The third kappa shape index (κ3) is 8.70. The minimum Gasteiger partial charge on any atom is -0.361 e. The lowest BCUT2D eigenvalue weighted by atomic mass is 9.82. The van der Waals surface area contributed by atoms with Crippen molar-refractivity contribution in [2.24, 2.45) is 23.2 Å². The molecule has 2 heterocycles. The molecule has 13 nitrogen and oxygen atoms in total. The van der Waals surface area contributed by atoms with Gasteiger partial charge in [-0.25, -0.2) is 0 Å². The Kier molecular flexibility index (Phi) is 11.5. The van der Waals surface area contributed by atoms with Gasteiger partial charge < -0.3 is 30.7 Å². The molecule has 4 fully saturated rings. The van der Waals surface area contributed by atoms with E-state index in [-0.39, 0.29) is 35.4 Å². The first kappa shape index (κ1) is 36.5. The Balaban J connectivity index is 1.35. The van der Waals surface area contributed by atoms with E-state index < -0.39 is 59.0 Å². The minimum atomic E-state index is -0.996. The van der Waals surface area contributed by atoms with Crippen LogP contribution in [0, 0.1) is 30.1 Å². The minimum absolute atomic E-state index is 0.0127. The predicted molar refractivity (Wildman–Crippen MR) is 180 cm³/mol. The Hall–Kier alpha value is -3.77. The summed E-state index contributed by atoms with van der Waals surface area (Å²) in [6, 6.07) is -2.17. The highest BCUT2D eigenvalue weighted by atomic mass is 16.5. The molecule has 5 amide bonds. The van der Waals surface area contributed by atoms with Crippen molar-refractivity contribution in [3.8, 4) is 0 Å². The number of carbonyl (C=O) groups excluding carboxylic acids is 6. The average Bonchev–Trinajstić information content (AvgIpc) is 3.40. The molecule has 1 saturated heterocycles. The number of Topliss-reactive ketones (excluding diaryl/α,β-unsaturated/α-hetero) is 1. The Morgan fingerprint density at radius 1 is 0.939 bits per heavy atom. The van der Waals surface area contributed by atoms with Crippen LogP contribution < -0.4 is 21.3 Å². The number of hydrogen-bond acceptors (Lipinski definition) is 8. The van der Waals surface area contributed by atoms with Gasteiger partial charge >= 0.3 is 0 Å². The maximum Gasteiger partial charge on any atom is 0.289 e. The van der Waals surface area contributed by atoms with Crippen molar-refractivity contribution in [2.75, 3.05) is 6.54 Å². The second-order valence-electron chi connectivity index (χ2n) is 15.7. The van der Waals surface area contributed by atoms with Crippen LogP contribution in [-0.4, -0.2) is 82.1 Å². The van der Waals surface area contributed by atoms with Gasteiger partial charge in [0.2, 0.25) is 23.5 Å². The van der Waals surface area contributed by atoms with E-state index >= 15 is 0 Å². The molecule has 0 radical (unpaired) electrons. The molecule has 0 bridgehead atoms. The number of ketones is 1. The number of nitrogens with zero attached hydrogens (tertiary/aromatic N) is 2. The lowest BCUT2D eigenvalue weighted by molar-refractivity contribution is -0.146. The highest BCUT2D eigenvalue weighted by Gasteiger charge is 2.52. The summed E-state index contributed by atoms with van der Waals surface area (Å²) >= 11 is 0. The summed E-state index contributed by atoms with van der Waals surface area (Å²) in [5, 5.41) is 15.3. The number of aromatic nitrogens is 1. The quantitative estimate of drug-likeness (QED) is 0.229. The molecule has 0 aromatic carbocycles. The third-order valence-electron chi connectivity index (χ3n) is 10.7. The number of nitrogens with one attached hydrogen (secondary N) is 4. The zero-order chi connectivity index (χ0) is 35.5. The first-order chi connectivity index (χ1) is 23.3. The maximum atomic E-state index is 14.6. The van der Waals surface area contributed by atoms with Crippen molar-refractivity contribution in [1.29, 1.82) is 0 Å². The highest BCUT2D eigenvalue weighted by molar-refractivity contribution is 6.38. The molecule has 0 spiro atoms. The molecule has 4 N–H and O–H groups in total. The number of aryl methyl sites for hydroxylation is 1. The summed E-state index contributed by atoms with van der Waals surface area (Å²) in [7, 11) is 0. The SMILES string of the molecule is CCC[C@@H](NC(=O)[C@@H]1[C@H]2CCC[C@H]2CN1C(=O)[C@H](NC(=O)[C@H](NC(=O)c1cc(C)on1)C1CCCCC1)C(C)(C)C)C(=O)C(=O)NC1CC1. The van der Waals surface area contributed by atoms with Crippen LogP contribution in [0.5, 0.6) is 0 Å². The lowest BCUT2D eigenvalue weighted by Crippen LogP contribution is -2.62. The van der Waals surface area contributed by atoms with E-state index in [2.05, 4.69) is 26.4 Å². The molecule has 1 aromatic rings. The fourth-order valence-corrected chi connectivity index (χ4v) is 7.93. The number of fused-ring (bicyclic) bond motifs is 1. The van der Waals surface area contributed by atoms with E-state index in [1.165, 1.54) is 6.07 Å². The van der Waals surface area contributed by atoms with Crippen molar-refractivity contribution in [1.82, 2.24) is 31.3 Å². The van der Waals surface area contributed by atoms with Crippen LogP contribution in [-0.2, 0) is 24.0 Å². The molecule has 6 atom stereocenters. The van der Waals surface area contributed by atoms with E-state index in [4.69, 9.17) is 4.52 Å². The largest absolute Gasteiger partial charge is 0.361 e. The summed E-state index contributed by atoms with van der Waals surface area (Å²) in [6.07, 6.45) is 9.61. The lowest BCUT2D eigenvalue weighted by Gasteiger charge is -2.38. The van der Waals surface area contributed by atoms with Gasteiger partial charge in [0.15, 0.2) is 5.69 Å². The second-order valence-corrected chi connectivity index (χ2v) is 15.7. The molecule has 0 unspecified atom stereocenters. The summed E-state index contributed by atoms with van der Waals surface area (Å²) in [5.41, 5.74) is -0.658. The molecule has 1 aliphatic heterocycles. The fourth-order valence-electron chi connectivity index (χ4n) is 7.93. The van der Waals surface area contributed by atoms with Crippen molar-refractivity contribution in [3.63, 3.8) is 0 Å². The molecule has 3 aliphatic carbocycles. The normalized spacial score (nSPS) is 24.3. The van der Waals surface area contributed by atoms with Crippen molar-refractivity contribution in [3.05, 3.63) is 17.5 Å². The smallest absolute Gasteiger partial charge is 0.289 e. The van der Waals surface area contributed by atoms with Gasteiger partial charge in [0.25, 0.3) is 11.8 Å². The van der Waals surface area contributed by atoms with Gasteiger partial charge in [0.05, 0.1) is 6.04 Å². The summed E-state index contributed by atoms with van der Waals surface area (Å²) < 4.78 is 5.08. The van der Waals surface area contributed by atoms with E-state index in [0.29, 0.717) is 25.1 Å². The number of rotatable bonds is 13. The van der Waals surface area contributed by atoms with Gasteiger partial charge in [-0.2, -0.15) is 0 Å². The van der Waals surface area contributed by atoms with Crippen molar-refractivity contribution < 1.29 is 33.3 Å². The van der Waals surface area contributed by atoms with Gasteiger partial charge in [-0.3, -0.25) is 28.8 Å². The number of carbonyl (C=O) groups is 6. The van der Waals surface area contributed by atoms with Crippen molar-refractivity contribution >= 4 is 35.3 Å². The van der Waals surface area contributed by atoms with Gasteiger partial charge in [-0.15, -0.1) is 0 Å². The van der Waals surface area contributed by atoms with Crippen LogP contribution in [0.4, 0.5) is 0 Å². The Labute approximate surface area is 288 Å². The van der Waals surface area contributed by atoms with E-state index in [1.807, 2.05) is 27.7 Å². The third-order valence-corrected chi connectivity index (χ3v) is 10.7. The molecule has 13 heteroatoms. The van der Waals surface area contributed by atoms with Crippen molar-refractivity contribution in [2.45, 2.75) is 142 Å². The monoisotopic (exact) mass is 682 g/mol. The predicted octanol–water partition coefficient (Wildman–Crippen LogP) is 2.95. The zero-order valence-corrected chi connectivity index (χ0v) is 29.6. The molecule has 49 heavy (non-hydrogen) atoms. The van der Waals surface area contributed by atoms with Crippen LogP contribution in [0.15, 0.2) is 10.6 Å². The summed E-state index contributed by atoms with van der Waals surface area (Å²) in [4.78, 5) is 83.3. The Morgan fingerprint density at radius 2 is 1.65 bits per heavy atom. The molecule has 1 aromatic heterocycles. The summed E-state index contributed by atoms with van der Waals surface area (Å²) in [5.74, 6) is -2.75. The molecular weight excluding hydrogens is 628 g/mol. The molecule has 5 rings (SSSR count). The molecular formula is C36H54N6O7. The fraction of sp³-hybridized carbons (Fsp3) is 0.750. The van der Waals surface area contributed by atoms with Gasteiger partial charge in [0, 0.05) is 18.7 Å². The van der Waals surface area contributed by atoms with Crippen LogP contribution >= 0.6 is 0 Å². The van der Waals surface area contributed by atoms with Crippen LogP contribution in [0.2, 0.25) is 0 Å². The Bertz CT molecular complexity index is 1410. The molecule has 4 aliphatic rings. The first-order valence-corrected chi connectivity index (χ1v) is 18.3. The molecule has 3 saturated carbocycles. The summed E-state index contributed by atoms with van der Waals surface area (Å²) in [6.45, 7) is 9.53. The van der Waals surface area contributed by atoms with Crippen LogP contribution in [0.3, 0.4) is 0 Å². The molecule has 270 valence electrons. The first-order valence-electron chi connectivity index (χ1n) is 18.3. The van der Waals surface area contributed by atoms with E-state index in [1.54, 1.807) is 11.8 Å². The maximum absolute atomic E-state index is 14.6. The number of likely N-dealkylation sites (tertiary alicyclic amines) is 1. The Morgan fingerprint density at radius 3 is 2.27 bits per heavy atom. The van der Waals surface area contributed by atoms with Crippen LogP contribution in [0.1, 0.15) is 121 Å². The second kappa shape index (κ2) is 15.4. The topological polar surface area (TPSA) is 180 Å². The number of amides is 5. The standard InChI is InChI=1S/C36H54N6O7/c1-6-11-25(29(43)34(47)37-23-16-17-23)38-33(46)28-24-15-10-14-22(24)19-42(28)35(48)30(36(3,4)5)40-32(45)27(21-12-8-7-9-13-21)39-31(44)26-18-20(2)49-41-26/h18,21-25,27-28,30H,6-17,19H2,1-5H3,(H,37,47)(H,38,46)(H,39,44)(H,40,45)/t22-,24-,25+,27+,28-,30-/m0/s1. The number of hydrogen-bond donors (Lipinski definition) is 4.